The van der Waals surface area contributed by atoms with Crippen molar-refractivity contribution in [2.45, 2.75) is 32.3 Å². The number of hydrogen-bond donors (Lipinski definition) is 1. The van der Waals surface area contributed by atoms with Gasteiger partial charge in [-0.15, -0.1) is 0 Å². The SMILES string of the molecule is C[C@H]1C[C@H](OCCCO)C1. The van der Waals surface area contributed by atoms with E-state index in [-0.39, 0.29) is 6.61 Å². The van der Waals surface area contributed by atoms with Crippen LogP contribution in [0, 0.1) is 5.92 Å². The smallest absolute Gasteiger partial charge is 0.0580 e. The van der Waals surface area contributed by atoms with Crippen LogP contribution < -0.4 is 0 Å². The fourth-order valence-corrected chi connectivity index (χ4v) is 1.28. The number of ether oxygens (including phenoxy) is 1. The van der Waals surface area contributed by atoms with Crippen molar-refractivity contribution in [3.05, 3.63) is 0 Å². The zero-order valence-electron chi connectivity index (χ0n) is 6.55. The zero-order chi connectivity index (χ0) is 7.40. The lowest BCUT2D eigenvalue weighted by Crippen LogP contribution is -2.29. The van der Waals surface area contributed by atoms with E-state index >= 15 is 0 Å². The first kappa shape index (κ1) is 8.02. The van der Waals surface area contributed by atoms with Crippen LogP contribution in [-0.4, -0.2) is 24.4 Å². The Labute approximate surface area is 62.2 Å². The third kappa shape index (κ3) is 2.27. The van der Waals surface area contributed by atoms with Crippen LogP contribution in [0.1, 0.15) is 26.2 Å². The largest absolute Gasteiger partial charge is 0.396 e. The first-order valence-electron chi connectivity index (χ1n) is 4.05. The maximum atomic E-state index is 8.44. The molecule has 2 heteroatoms. The van der Waals surface area contributed by atoms with Crippen LogP contribution in [0.5, 0.6) is 0 Å². The van der Waals surface area contributed by atoms with Crippen molar-refractivity contribution in [2.24, 2.45) is 5.92 Å². The van der Waals surface area contributed by atoms with Crippen LogP contribution in [0.3, 0.4) is 0 Å². The fraction of sp³-hybridized carbons (Fsp3) is 1.00. The summed E-state index contributed by atoms with van der Waals surface area (Å²) in [6.07, 6.45) is 3.71. The van der Waals surface area contributed by atoms with Gasteiger partial charge in [0.1, 0.15) is 0 Å². The average Bonchev–Trinajstić information content (AvgIpc) is 1.85. The molecule has 0 saturated heterocycles. The Kier molecular flexibility index (Phi) is 3.16. The third-order valence-corrected chi connectivity index (χ3v) is 1.99. The zero-order valence-corrected chi connectivity index (χ0v) is 6.55. The van der Waals surface area contributed by atoms with Crippen LogP contribution in [0.15, 0.2) is 0 Å². The molecule has 1 N–H and O–H groups in total. The molecular weight excluding hydrogens is 128 g/mol. The predicted octanol–water partition coefficient (Wildman–Crippen LogP) is 1.18. The first-order valence-corrected chi connectivity index (χ1v) is 4.05. The van der Waals surface area contributed by atoms with Crippen LogP contribution in [0.2, 0.25) is 0 Å². The van der Waals surface area contributed by atoms with E-state index in [2.05, 4.69) is 6.92 Å². The van der Waals surface area contributed by atoms with Crippen molar-refractivity contribution in [3.63, 3.8) is 0 Å². The van der Waals surface area contributed by atoms with Gasteiger partial charge in [-0.1, -0.05) is 6.92 Å². The van der Waals surface area contributed by atoms with E-state index in [1.165, 1.54) is 12.8 Å². The molecule has 0 radical (unpaired) electrons. The minimum absolute atomic E-state index is 0.252. The van der Waals surface area contributed by atoms with Gasteiger partial charge in [-0.3, -0.25) is 0 Å². The van der Waals surface area contributed by atoms with E-state index in [4.69, 9.17) is 9.84 Å². The van der Waals surface area contributed by atoms with Crippen LogP contribution >= 0.6 is 0 Å². The molecule has 0 atom stereocenters. The number of rotatable bonds is 4. The molecule has 0 spiro atoms. The number of aliphatic hydroxyl groups is 1. The van der Waals surface area contributed by atoms with Crippen LogP contribution in [-0.2, 0) is 4.74 Å². The molecule has 60 valence electrons. The minimum Gasteiger partial charge on any atom is -0.396 e. The van der Waals surface area contributed by atoms with Crippen molar-refractivity contribution in [3.8, 4) is 0 Å². The van der Waals surface area contributed by atoms with Gasteiger partial charge in [0, 0.05) is 13.2 Å². The molecule has 0 aromatic carbocycles. The summed E-state index contributed by atoms with van der Waals surface area (Å²) in [6.45, 7) is 3.22. The molecule has 0 aliphatic heterocycles. The Balaban J connectivity index is 1.86. The second-order valence-electron chi connectivity index (χ2n) is 3.15. The third-order valence-electron chi connectivity index (χ3n) is 1.99. The van der Waals surface area contributed by atoms with Gasteiger partial charge in [0.05, 0.1) is 6.10 Å². The molecule has 10 heavy (non-hydrogen) atoms. The molecule has 0 aromatic heterocycles. The Morgan fingerprint density at radius 1 is 1.50 bits per heavy atom. The monoisotopic (exact) mass is 144 g/mol. The second kappa shape index (κ2) is 3.94. The predicted molar refractivity (Wildman–Crippen MR) is 39.8 cm³/mol. The summed E-state index contributed by atoms with van der Waals surface area (Å²) in [5, 5.41) is 8.44. The van der Waals surface area contributed by atoms with Crippen molar-refractivity contribution < 1.29 is 9.84 Å². The van der Waals surface area contributed by atoms with Gasteiger partial charge in [0.25, 0.3) is 0 Å². The van der Waals surface area contributed by atoms with Crippen LogP contribution in [0.4, 0.5) is 0 Å². The lowest BCUT2D eigenvalue weighted by molar-refractivity contribution is -0.0294. The highest BCUT2D eigenvalue weighted by Crippen LogP contribution is 2.28. The maximum absolute atomic E-state index is 8.44. The molecular formula is C8H16O2. The normalized spacial score (nSPS) is 31.8. The molecule has 1 aliphatic rings. The van der Waals surface area contributed by atoms with Gasteiger partial charge in [-0.25, -0.2) is 0 Å². The molecule has 0 aromatic rings. The molecule has 0 heterocycles. The highest BCUT2D eigenvalue weighted by molar-refractivity contribution is 4.76. The van der Waals surface area contributed by atoms with E-state index in [0.29, 0.717) is 6.10 Å². The molecule has 1 rings (SSSR count). The summed E-state index contributed by atoms with van der Waals surface area (Å²) in [4.78, 5) is 0. The summed E-state index contributed by atoms with van der Waals surface area (Å²) in [7, 11) is 0. The van der Waals surface area contributed by atoms with Crippen molar-refractivity contribution in [1.29, 1.82) is 0 Å². The Bertz CT molecular complexity index is 87.3. The lowest BCUT2D eigenvalue weighted by atomic mass is 9.84. The van der Waals surface area contributed by atoms with E-state index in [0.717, 1.165) is 18.9 Å². The number of aliphatic hydroxyl groups excluding tert-OH is 1. The summed E-state index contributed by atoms with van der Waals surface area (Å²) >= 11 is 0. The van der Waals surface area contributed by atoms with Gasteiger partial charge in [0.2, 0.25) is 0 Å². The minimum atomic E-state index is 0.252. The molecule has 0 amide bonds. The average molecular weight is 144 g/mol. The van der Waals surface area contributed by atoms with Gasteiger partial charge in [-0.05, 0) is 25.2 Å². The van der Waals surface area contributed by atoms with Gasteiger partial charge >= 0.3 is 0 Å². The van der Waals surface area contributed by atoms with E-state index in [1.54, 1.807) is 0 Å². The molecule has 2 nitrogen and oxygen atoms in total. The number of hydrogen-bond acceptors (Lipinski definition) is 2. The summed E-state index contributed by atoms with van der Waals surface area (Å²) in [5.41, 5.74) is 0. The quantitative estimate of drug-likeness (QED) is 0.600. The summed E-state index contributed by atoms with van der Waals surface area (Å²) in [5.74, 6) is 0.860. The molecule has 1 fully saturated rings. The maximum Gasteiger partial charge on any atom is 0.0580 e. The fourth-order valence-electron chi connectivity index (χ4n) is 1.28. The molecule has 0 unspecified atom stereocenters. The van der Waals surface area contributed by atoms with Crippen molar-refractivity contribution in [2.75, 3.05) is 13.2 Å². The summed E-state index contributed by atoms with van der Waals surface area (Å²) in [6, 6.07) is 0. The molecule has 1 saturated carbocycles. The van der Waals surface area contributed by atoms with Crippen molar-refractivity contribution in [1.82, 2.24) is 0 Å². The summed E-state index contributed by atoms with van der Waals surface area (Å²) < 4.78 is 5.43. The Morgan fingerprint density at radius 2 is 2.20 bits per heavy atom. The topological polar surface area (TPSA) is 29.5 Å². The highest BCUT2D eigenvalue weighted by Gasteiger charge is 2.25. The molecule has 1 aliphatic carbocycles. The van der Waals surface area contributed by atoms with E-state index < -0.39 is 0 Å². The molecule has 0 bridgehead atoms. The van der Waals surface area contributed by atoms with E-state index in [9.17, 15) is 0 Å². The Hall–Kier alpha value is -0.0800. The van der Waals surface area contributed by atoms with E-state index in [1.807, 2.05) is 0 Å². The Morgan fingerprint density at radius 3 is 2.70 bits per heavy atom. The van der Waals surface area contributed by atoms with Gasteiger partial charge in [-0.2, -0.15) is 0 Å². The van der Waals surface area contributed by atoms with Gasteiger partial charge in [0.15, 0.2) is 0 Å². The van der Waals surface area contributed by atoms with Crippen molar-refractivity contribution >= 4 is 0 Å². The standard InChI is InChI=1S/C8H16O2/c1-7-5-8(6-7)10-4-2-3-9/h7-9H,2-6H2,1H3/t7-,8-. The second-order valence-corrected chi connectivity index (χ2v) is 3.15. The lowest BCUT2D eigenvalue weighted by Gasteiger charge is -2.32. The highest BCUT2D eigenvalue weighted by atomic mass is 16.5. The first-order chi connectivity index (χ1) is 4.83. The van der Waals surface area contributed by atoms with Gasteiger partial charge < -0.3 is 9.84 Å². The van der Waals surface area contributed by atoms with Crippen LogP contribution in [0.25, 0.3) is 0 Å².